The van der Waals surface area contributed by atoms with Gasteiger partial charge in [-0.15, -0.1) is 0 Å². The van der Waals surface area contributed by atoms with Gasteiger partial charge in [0.25, 0.3) is 0 Å². The number of halogens is 1. The molecule has 2 rings (SSSR count). The van der Waals surface area contributed by atoms with E-state index in [1.54, 1.807) is 4.90 Å². The van der Waals surface area contributed by atoms with Crippen LogP contribution in [-0.2, 0) is 9.59 Å². The number of anilines is 1. The number of benzene rings is 1. The molecule has 1 aliphatic rings. The average Bonchev–Trinajstić information content (AvgIpc) is 2.89. The van der Waals surface area contributed by atoms with Crippen LogP contribution in [0.3, 0.4) is 0 Å². The first-order valence-electron chi connectivity index (χ1n) is 7.80. The molecule has 1 aliphatic heterocycles. The van der Waals surface area contributed by atoms with Gasteiger partial charge in [-0.3, -0.25) is 9.59 Å². The van der Waals surface area contributed by atoms with Crippen LogP contribution in [0.4, 0.5) is 5.69 Å². The third kappa shape index (κ3) is 3.51. The van der Waals surface area contributed by atoms with Crippen LogP contribution in [0, 0.1) is 5.92 Å². The Morgan fingerprint density at radius 3 is 2.68 bits per heavy atom. The van der Waals surface area contributed by atoms with Crippen LogP contribution in [0.2, 0.25) is 0 Å². The highest BCUT2D eigenvalue weighted by molar-refractivity contribution is 9.10. The van der Waals surface area contributed by atoms with Crippen LogP contribution in [0.1, 0.15) is 33.1 Å². The normalized spacial score (nSPS) is 18.1. The smallest absolute Gasteiger partial charge is 0.228 e. The molecule has 5 heteroatoms. The molecule has 0 radical (unpaired) electrons. The summed E-state index contributed by atoms with van der Waals surface area (Å²) >= 11 is 3.42. The summed E-state index contributed by atoms with van der Waals surface area (Å²) in [5.41, 5.74) is 0.847. The number of hydrogen-bond acceptors (Lipinski definition) is 2. The van der Waals surface area contributed by atoms with Crippen molar-refractivity contribution in [3.63, 3.8) is 0 Å². The van der Waals surface area contributed by atoms with E-state index in [0.29, 0.717) is 13.0 Å². The monoisotopic (exact) mass is 366 g/mol. The van der Waals surface area contributed by atoms with Crippen molar-refractivity contribution in [3.8, 4) is 0 Å². The summed E-state index contributed by atoms with van der Waals surface area (Å²) in [4.78, 5) is 28.4. The number of rotatable bonds is 5. The molecule has 1 aromatic rings. The molecule has 0 saturated carbocycles. The first-order chi connectivity index (χ1) is 10.5. The standard InChI is InChI=1S/C17H23BrN2O2/c1-4-14(5-2)19(3)17(22)12-9-16(21)20(11-12)15-8-6-7-13(18)10-15/h6-8,10,12,14H,4-5,9,11H2,1-3H3. The third-order valence-electron chi connectivity index (χ3n) is 4.43. The molecule has 2 amide bonds. The fourth-order valence-electron chi connectivity index (χ4n) is 3.07. The number of nitrogens with zero attached hydrogens (tertiary/aromatic N) is 2. The molecule has 1 aromatic carbocycles. The highest BCUT2D eigenvalue weighted by atomic mass is 79.9. The minimum atomic E-state index is -0.239. The zero-order valence-electron chi connectivity index (χ0n) is 13.4. The van der Waals surface area contributed by atoms with Crippen molar-refractivity contribution < 1.29 is 9.59 Å². The summed E-state index contributed by atoms with van der Waals surface area (Å²) in [5.74, 6) is -0.133. The van der Waals surface area contributed by atoms with Crippen LogP contribution in [0.15, 0.2) is 28.7 Å². The van der Waals surface area contributed by atoms with Crippen molar-refractivity contribution in [2.24, 2.45) is 5.92 Å². The van der Waals surface area contributed by atoms with E-state index in [0.717, 1.165) is 23.0 Å². The molecule has 0 N–H and O–H groups in total. The molecule has 0 aliphatic carbocycles. The summed E-state index contributed by atoms with van der Waals surface area (Å²) in [7, 11) is 1.85. The predicted molar refractivity (Wildman–Crippen MR) is 91.7 cm³/mol. The Labute approximate surface area is 140 Å². The van der Waals surface area contributed by atoms with Gasteiger partial charge in [0.1, 0.15) is 0 Å². The molecular formula is C17H23BrN2O2. The van der Waals surface area contributed by atoms with Gasteiger partial charge < -0.3 is 9.80 Å². The topological polar surface area (TPSA) is 40.6 Å². The molecule has 1 unspecified atom stereocenters. The largest absolute Gasteiger partial charge is 0.342 e. The fourth-order valence-corrected chi connectivity index (χ4v) is 3.46. The summed E-state index contributed by atoms with van der Waals surface area (Å²) < 4.78 is 0.932. The third-order valence-corrected chi connectivity index (χ3v) is 4.93. The van der Waals surface area contributed by atoms with E-state index in [-0.39, 0.29) is 23.8 Å². The van der Waals surface area contributed by atoms with Crippen LogP contribution in [0.25, 0.3) is 0 Å². The molecule has 22 heavy (non-hydrogen) atoms. The van der Waals surface area contributed by atoms with E-state index in [1.165, 1.54) is 0 Å². The second-order valence-corrected chi connectivity index (χ2v) is 6.72. The van der Waals surface area contributed by atoms with Crippen molar-refractivity contribution in [2.75, 3.05) is 18.5 Å². The maximum atomic E-state index is 12.6. The molecular weight excluding hydrogens is 344 g/mol. The number of carbonyl (C=O) groups excluding carboxylic acids is 2. The quantitative estimate of drug-likeness (QED) is 0.800. The number of amides is 2. The summed E-state index contributed by atoms with van der Waals surface area (Å²) in [6.45, 7) is 4.65. The number of carbonyl (C=O) groups is 2. The van der Waals surface area contributed by atoms with E-state index in [4.69, 9.17) is 0 Å². The highest BCUT2D eigenvalue weighted by Crippen LogP contribution is 2.28. The predicted octanol–water partition coefficient (Wildman–Crippen LogP) is 3.45. The van der Waals surface area contributed by atoms with Crippen molar-refractivity contribution in [1.29, 1.82) is 0 Å². The van der Waals surface area contributed by atoms with Crippen molar-refractivity contribution in [1.82, 2.24) is 4.90 Å². The molecule has 1 atom stereocenters. The van der Waals surface area contributed by atoms with Gasteiger partial charge in [-0.25, -0.2) is 0 Å². The Bertz CT molecular complexity index is 557. The van der Waals surface area contributed by atoms with Gasteiger partial charge in [0.2, 0.25) is 11.8 Å². The average molecular weight is 367 g/mol. The Hall–Kier alpha value is -1.36. The molecule has 4 nitrogen and oxygen atoms in total. The lowest BCUT2D eigenvalue weighted by atomic mass is 10.0. The minimum Gasteiger partial charge on any atom is -0.342 e. The van der Waals surface area contributed by atoms with Gasteiger partial charge >= 0.3 is 0 Å². The first-order valence-corrected chi connectivity index (χ1v) is 8.59. The molecule has 120 valence electrons. The van der Waals surface area contributed by atoms with Crippen molar-refractivity contribution >= 4 is 33.4 Å². The molecule has 0 aromatic heterocycles. The van der Waals surface area contributed by atoms with Gasteiger partial charge in [-0.05, 0) is 31.0 Å². The highest BCUT2D eigenvalue weighted by Gasteiger charge is 2.37. The van der Waals surface area contributed by atoms with E-state index < -0.39 is 0 Å². The van der Waals surface area contributed by atoms with E-state index in [2.05, 4.69) is 29.8 Å². The zero-order chi connectivity index (χ0) is 16.3. The molecule has 0 spiro atoms. The lowest BCUT2D eigenvalue weighted by Crippen LogP contribution is -2.41. The van der Waals surface area contributed by atoms with Gasteiger partial charge in [0.15, 0.2) is 0 Å². The van der Waals surface area contributed by atoms with E-state index in [1.807, 2.05) is 36.2 Å². The van der Waals surface area contributed by atoms with Crippen molar-refractivity contribution in [2.45, 2.75) is 39.2 Å². The Morgan fingerprint density at radius 1 is 1.41 bits per heavy atom. The SMILES string of the molecule is CCC(CC)N(C)C(=O)C1CC(=O)N(c2cccc(Br)c2)C1. The minimum absolute atomic E-state index is 0.0226. The van der Waals surface area contributed by atoms with Gasteiger partial charge in [0.05, 0.1) is 5.92 Å². The lowest BCUT2D eigenvalue weighted by Gasteiger charge is -2.28. The second kappa shape index (κ2) is 7.27. The van der Waals surface area contributed by atoms with Gasteiger partial charge in [-0.2, -0.15) is 0 Å². The Balaban J connectivity index is 2.10. The van der Waals surface area contributed by atoms with Gasteiger partial charge in [0, 0.05) is 36.2 Å². The molecule has 1 fully saturated rings. The van der Waals surface area contributed by atoms with Crippen LogP contribution < -0.4 is 4.90 Å². The van der Waals surface area contributed by atoms with Crippen LogP contribution in [-0.4, -0.2) is 36.3 Å². The second-order valence-electron chi connectivity index (χ2n) is 5.80. The molecule has 0 bridgehead atoms. The lowest BCUT2D eigenvalue weighted by molar-refractivity contribution is -0.136. The summed E-state index contributed by atoms with van der Waals surface area (Å²) in [6.07, 6.45) is 2.18. The summed E-state index contributed by atoms with van der Waals surface area (Å²) in [5, 5.41) is 0. The fraction of sp³-hybridized carbons (Fsp3) is 0.529. The zero-order valence-corrected chi connectivity index (χ0v) is 15.0. The van der Waals surface area contributed by atoms with Gasteiger partial charge in [-0.1, -0.05) is 35.8 Å². The summed E-state index contributed by atoms with van der Waals surface area (Å²) in [6, 6.07) is 7.89. The Morgan fingerprint density at radius 2 is 2.09 bits per heavy atom. The maximum Gasteiger partial charge on any atom is 0.228 e. The van der Waals surface area contributed by atoms with Crippen molar-refractivity contribution in [3.05, 3.63) is 28.7 Å². The maximum absolute atomic E-state index is 12.6. The number of hydrogen-bond donors (Lipinski definition) is 0. The molecule has 1 heterocycles. The van der Waals surface area contributed by atoms with E-state index in [9.17, 15) is 9.59 Å². The Kier molecular flexibility index (Phi) is 5.62. The first kappa shape index (κ1) is 17.0. The molecule has 1 saturated heterocycles. The van der Waals surface area contributed by atoms with Crippen LogP contribution in [0.5, 0.6) is 0 Å². The van der Waals surface area contributed by atoms with Crippen LogP contribution >= 0.6 is 15.9 Å². The van der Waals surface area contributed by atoms with E-state index >= 15 is 0 Å².